The third-order valence-corrected chi connectivity index (χ3v) is 3.72. The highest BCUT2D eigenvalue weighted by molar-refractivity contribution is 6.09. The highest BCUT2D eigenvalue weighted by atomic mass is 19.1. The molecule has 1 aliphatic heterocycles. The number of anilines is 1. The molecule has 0 spiro atoms. The Morgan fingerprint density at radius 2 is 2.19 bits per heavy atom. The van der Waals surface area contributed by atoms with Gasteiger partial charge in [-0.05, 0) is 31.9 Å². The molecule has 2 rings (SSSR count). The smallest absolute Gasteiger partial charge is 0.239 e. The Kier molecular flexibility index (Phi) is 4.55. The molecule has 21 heavy (non-hydrogen) atoms. The van der Waals surface area contributed by atoms with Gasteiger partial charge in [-0.2, -0.15) is 0 Å². The topological polar surface area (TPSA) is 49.4 Å². The fraction of sp³-hybridized carbons (Fsp3) is 0.467. The Morgan fingerprint density at radius 3 is 2.81 bits per heavy atom. The molecule has 2 amide bonds. The zero-order chi connectivity index (χ0) is 15.6. The van der Waals surface area contributed by atoms with Crippen LogP contribution in [0.2, 0.25) is 0 Å². The summed E-state index contributed by atoms with van der Waals surface area (Å²) in [4.78, 5) is 25.5. The summed E-state index contributed by atoms with van der Waals surface area (Å²) in [7, 11) is 0. The van der Waals surface area contributed by atoms with Crippen LogP contribution in [0.25, 0.3) is 0 Å². The first-order valence-electron chi connectivity index (χ1n) is 7.00. The van der Waals surface area contributed by atoms with E-state index in [0.717, 1.165) is 18.6 Å². The van der Waals surface area contributed by atoms with Gasteiger partial charge >= 0.3 is 0 Å². The average molecular weight is 296 g/mol. The highest BCUT2D eigenvalue weighted by Gasteiger charge is 2.38. The van der Waals surface area contributed by atoms with Gasteiger partial charge in [0.2, 0.25) is 11.8 Å². The van der Waals surface area contributed by atoms with Crippen LogP contribution in [0.4, 0.5) is 14.5 Å². The van der Waals surface area contributed by atoms with Gasteiger partial charge in [0.1, 0.15) is 17.6 Å². The van der Waals surface area contributed by atoms with Crippen LogP contribution in [0.3, 0.4) is 0 Å². The predicted octanol–water partition coefficient (Wildman–Crippen LogP) is 2.23. The van der Waals surface area contributed by atoms with Crippen LogP contribution in [0.15, 0.2) is 18.2 Å². The van der Waals surface area contributed by atoms with E-state index in [1.165, 1.54) is 11.0 Å². The van der Waals surface area contributed by atoms with E-state index < -0.39 is 23.5 Å². The molecule has 1 heterocycles. The molecule has 1 aromatic carbocycles. The third-order valence-electron chi connectivity index (χ3n) is 3.72. The first-order valence-corrected chi connectivity index (χ1v) is 7.00. The molecule has 0 aromatic heterocycles. The minimum atomic E-state index is -0.802. The molecule has 1 aliphatic rings. The van der Waals surface area contributed by atoms with Gasteiger partial charge in [-0.15, -0.1) is 0 Å². The van der Waals surface area contributed by atoms with Crippen LogP contribution in [0, 0.1) is 17.6 Å². The lowest BCUT2D eigenvalue weighted by atomic mass is 10.1. The van der Waals surface area contributed by atoms with Crippen LogP contribution in [-0.4, -0.2) is 24.4 Å². The minimum absolute atomic E-state index is 0.0121. The lowest BCUT2D eigenvalue weighted by Crippen LogP contribution is -2.40. The van der Waals surface area contributed by atoms with Crippen LogP contribution in [0.5, 0.6) is 0 Å². The van der Waals surface area contributed by atoms with Crippen molar-refractivity contribution in [3.8, 4) is 0 Å². The summed E-state index contributed by atoms with van der Waals surface area (Å²) in [5, 5.41) is 2.76. The fourth-order valence-electron chi connectivity index (χ4n) is 2.31. The van der Waals surface area contributed by atoms with E-state index in [2.05, 4.69) is 5.32 Å². The van der Waals surface area contributed by atoms with E-state index in [4.69, 9.17) is 0 Å². The van der Waals surface area contributed by atoms with E-state index in [1.54, 1.807) is 0 Å². The van der Waals surface area contributed by atoms with Crippen LogP contribution in [-0.2, 0) is 9.59 Å². The second-order valence-corrected chi connectivity index (χ2v) is 5.24. The first kappa shape index (κ1) is 15.4. The van der Waals surface area contributed by atoms with Crippen molar-refractivity contribution in [2.45, 2.75) is 32.7 Å². The number of hydrogen-bond donors (Lipinski definition) is 1. The molecule has 0 radical (unpaired) electrons. The number of nitrogens with one attached hydrogen (secondary N) is 1. The van der Waals surface area contributed by atoms with Crippen LogP contribution < -0.4 is 10.2 Å². The van der Waals surface area contributed by atoms with Crippen molar-refractivity contribution in [1.82, 2.24) is 5.32 Å². The molecular formula is C15H18F2N2O2. The Hall–Kier alpha value is -1.98. The molecule has 2 atom stereocenters. The standard InChI is InChI=1S/C15H18F2N2O2/c1-3-9(2)18-14(20)11-6-7-19(15(11)21)13-5-4-10(16)8-12(13)17/h4-5,8-9,11H,3,6-7H2,1-2H3,(H,18,20)/t9-,11+/m1/s1. The summed E-state index contributed by atoms with van der Waals surface area (Å²) in [5.74, 6) is -3.08. The van der Waals surface area contributed by atoms with Gasteiger partial charge in [-0.25, -0.2) is 8.78 Å². The van der Waals surface area contributed by atoms with Gasteiger partial charge in [-0.3, -0.25) is 9.59 Å². The molecule has 1 aromatic rings. The molecule has 4 nitrogen and oxygen atoms in total. The van der Waals surface area contributed by atoms with Crippen molar-refractivity contribution < 1.29 is 18.4 Å². The molecule has 114 valence electrons. The average Bonchev–Trinajstić information content (AvgIpc) is 2.80. The summed E-state index contributed by atoms with van der Waals surface area (Å²) in [6.07, 6.45) is 1.10. The van der Waals surface area contributed by atoms with Gasteiger partial charge in [0.25, 0.3) is 0 Å². The number of halogens is 2. The highest BCUT2D eigenvalue weighted by Crippen LogP contribution is 2.28. The zero-order valence-corrected chi connectivity index (χ0v) is 12.0. The summed E-state index contributed by atoms with van der Waals surface area (Å²) in [5.41, 5.74) is 0.0141. The van der Waals surface area contributed by atoms with E-state index in [0.29, 0.717) is 6.42 Å². The van der Waals surface area contributed by atoms with Gasteiger partial charge < -0.3 is 10.2 Å². The Morgan fingerprint density at radius 1 is 1.48 bits per heavy atom. The number of rotatable bonds is 4. The van der Waals surface area contributed by atoms with E-state index in [9.17, 15) is 18.4 Å². The molecule has 0 unspecified atom stereocenters. The summed E-state index contributed by atoms with van der Waals surface area (Å²) >= 11 is 0. The zero-order valence-electron chi connectivity index (χ0n) is 12.0. The lowest BCUT2D eigenvalue weighted by Gasteiger charge is -2.18. The summed E-state index contributed by atoms with van der Waals surface area (Å²) in [6, 6.07) is 3.03. The van der Waals surface area contributed by atoms with Crippen molar-refractivity contribution in [3.63, 3.8) is 0 Å². The number of amides is 2. The number of carbonyl (C=O) groups excluding carboxylic acids is 2. The lowest BCUT2D eigenvalue weighted by molar-refractivity contribution is -0.132. The maximum absolute atomic E-state index is 13.7. The molecule has 6 heteroatoms. The molecule has 1 N–H and O–H groups in total. The van der Waals surface area contributed by atoms with Crippen molar-refractivity contribution >= 4 is 17.5 Å². The SMILES string of the molecule is CC[C@@H](C)NC(=O)[C@@H]1CCN(c2ccc(F)cc2F)C1=O. The minimum Gasteiger partial charge on any atom is -0.353 e. The number of carbonyl (C=O) groups is 2. The Bertz CT molecular complexity index is 563. The van der Waals surface area contributed by atoms with E-state index in [-0.39, 0.29) is 24.2 Å². The van der Waals surface area contributed by atoms with Crippen molar-refractivity contribution in [1.29, 1.82) is 0 Å². The number of hydrogen-bond acceptors (Lipinski definition) is 2. The van der Waals surface area contributed by atoms with Crippen molar-refractivity contribution in [3.05, 3.63) is 29.8 Å². The van der Waals surface area contributed by atoms with Crippen LogP contribution >= 0.6 is 0 Å². The number of benzene rings is 1. The van der Waals surface area contributed by atoms with Gasteiger partial charge in [-0.1, -0.05) is 6.92 Å². The van der Waals surface area contributed by atoms with E-state index in [1.807, 2.05) is 13.8 Å². The summed E-state index contributed by atoms with van der Waals surface area (Å²) in [6.45, 7) is 4.04. The van der Waals surface area contributed by atoms with Gasteiger partial charge in [0.15, 0.2) is 0 Å². The number of nitrogens with zero attached hydrogens (tertiary/aromatic N) is 1. The van der Waals surface area contributed by atoms with Crippen LogP contribution in [0.1, 0.15) is 26.7 Å². The largest absolute Gasteiger partial charge is 0.353 e. The van der Waals surface area contributed by atoms with Gasteiger partial charge in [0, 0.05) is 18.7 Å². The third kappa shape index (κ3) is 3.20. The molecular weight excluding hydrogens is 278 g/mol. The molecule has 0 saturated carbocycles. The Labute approximate surface area is 122 Å². The maximum Gasteiger partial charge on any atom is 0.239 e. The van der Waals surface area contributed by atoms with E-state index >= 15 is 0 Å². The molecule has 0 aliphatic carbocycles. The van der Waals surface area contributed by atoms with Crippen molar-refractivity contribution in [2.75, 3.05) is 11.4 Å². The predicted molar refractivity (Wildman–Crippen MR) is 74.7 cm³/mol. The molecule has 0 bridgehead atoms. The molecule has 1 fully saturated rings. The first-order chi connectivity index (χ1) is 9.93. The molecule has 1 saturated heterocycles. The second-order valence-electron chi connectivity index (χ2n) is 5.24. The second kappa shape index (κ2) is 6.20. The normalized spacial score (nSPS) is 19.7. The quantitative estimate of drug-likeness (QED) is 0.866. The van der Waals surface area contributed by atoms with Crippen molar-refractivity contribution in [2.24, 2.45) is 5.92 Å². The monoisotopic (exact) mass is 296 g/mol. The summed E-state index contributed by atoms with van der Waals surface area (Å²) < 4.78 is 26.6. The fourth-order valence-corrected chi connectivity index (χ4v) is 2.31. The Balaban J connectivity index is 2.13. The van der Waals surface area contributed by atoms with Gasteiger partial charge in [0.05, 0.1) is 5.69 Å². The maximum atomic E-state index is 13.7.